The Bertz CT molecular complexity index is 1370. The van der Waals surface area contributed by atoms with Gasteiger partial charge in [0, 0.05) is 17.5 Å². The van der Waals surface area contributed by atoms with Crippen LogP contribution in [-0.4, -0.2) is 28.0 Å². The van der Waals surface area contributed by atoms with Crippen LogP contribution in [0, 0.1) is 6.92 Å². The summed E-state index contributed by atoms with van der Waals surface area (Å²) in [5, 5.41) is 5.54. The van der Waals surface area contributed by atoms with Gasteiger partial charge in [-0.2, -0.15) is 0 Å². The number of ether oxygens (including phenoxy) is 1. The van der Waals surface area contributed by atoms with E-state index < -0.39 is 5.97 Å². The lowest BCUT2D eigenvalue weighted by molar-refractivity contribution is 0.0529. The first kappa shape index (κ1) is 21.9. The van der Waals surface area contributed by atoms with Gasteiger partial charge >= 0.3 is 5.97 Å². The van der Waals surface area contributed by atoms with Crippen LogP contribution in [0.3, 0.4) is 0 Å². The Morgan fingerprint density at radius 3 is 2.62 bits per heavy atom. The summed E-state index contributed by atoms with van der Waals surface area (Å²) >= 11 is 2.42. The second-order valence-corrected chi connectivity index (χ2v) is 8.84. The summed E-state index contributed by atoms with van der Waals surface area (Å²) < 4.78 is 6.76. The van der Waals surface area contributed by atoms with Crippen LogP contribution in [0.2, 0.25) is 0 Å². The third kappa shape index (κ3) is 3.85. The molecule has 164 valence electrons. The molecule has 32 heavy (non-hydrogen) atoms. The van der Waals surface area contributed by atoms with Crippen LogP contribution in [0.1, 0.15) is 39.4 Å². The molecule has 1 aromatic carbocycles. The first-order valence-corrected chi connectivity index (χ1v) is 11.8. The lowest BCUT2D eigenvalue weighted by atomic mass is 10.0. The van der Waals surface area contributed by atoms with Crippen LogP contribution in [-0.2, 0) is 11.3 Å². The molecule has 3 aromatic heterocycles. The zero-order chi connectivity index (χ0) is 22.8. The van der Waals surface area contributed by atoms with E-state index in [-0.39, 0.29) is 18.1 Å². The number of nitrogens with one attached hydrogen (secondary N) is 1. The molecule has 1 amide bonds. The molecule has 3 heterocycles. The second-order valence-electron chi connectivity index (χ2n) is 6.97. The molecule has 0 aliphatic rings. The van der Waals surface area contributed by atoms with Gasteiger partial charge in [-0.15, -0.1) is 22.7 Å². The Hall–Kier alpha value is -3.30. The highest BCUT2D eigenvalue weighted by molar-refractivity contribution is 7.21. The molecule has 0 saturated heterocycles. The standard InChI is InChI=1S/C23H21N3O4S2/c1-4-26-12-24-20-16(22(26)28)13(3)18(32-20)19(27)25-21-17(23(29)30-5-2)15(11-31-21)14-9-7-6-8-10-14/h6-12H,4-5H2,1-3H3,(H,25,27). The Morgan fingerprint density at radius 1 is 1.19 bits per heavy atom. The van der Waals surface area contributed by atoms with Crippen LogP contribution in [0.4, 0.5) is 5.00 Å². The lowest BCUT2D eigenvalue weighted by Gasteiger charge is -2.08. The zero-order valence-corrected chi connectivity index (χ0v) is 19.4. The van der Waals surface area contributed by atoms with Gasteiger partial charge in [0.15, 0.2) is 0 Å². The van der Waals surface area contributed by atoms with Gasteiger partial charge in [0.25, 0.3) is 11.5 Å². The van der Waals surface area contributed by atoms with Crippen molar-refractivity contribution >= 4 is 49.8 Å². The summed E-state index contributed by atoms with van der Waals surface area (Å²) in [6.45, 7) is 6.07. The molecule has 1 N–H and O–H groups in total. The number of nitrogens with zero attached hydrogens (tertiary/aromatic N) is 2. The van der Waals surface area contributed by atoms with Crippen molar-refractivity contribution in [2.75, 3.05) is 11.9 Å². The predicted octanol–water partition coefficient (Wildman–Crippen LogP) is 4.94. The van der Waals surface area contributed by atoms with E-state index >= 15 is 0 Å². The number of carbonyl (C=O) groups excluding carboxylic acids is 2. The van der Waals surface area contributed by atoms with E-state index in [2.05, 4.69) is 10.3 Å². The fourth-order valence-electron chi connectivity index (χ4n) is 3.45. The SMILES string of the molecule is CCOC(=O)c1c(-c2ccccc2)csc1NC(=O)c1sc2ncn(CC)c(=O)c2c1C. The van der Waals surface area contributed by atoms with Gasteiger partial charge in [-0.3, -0.25) is 14.2 Å². The first-order chi connectivity index (χ1) is 15.5. The number of carbonyl (C=O) groups is 2. The van der Waals surface area contributed by atoms with Gasteiger partial charge < -0.3 is 10.1 Å². The highest BCUT2D eigenvalue weighted by Gasteiger charge is 2.25. The fourth-order valence-corrected chi connectivity index (χ4v) is 5.43. The Morgan fingerprint density at radius 2 is 1.94 bits per heavy atom. The van der Waals surface area contributed by atoms with E-state index in [0.717, 1.165) is 16.9 Å². The first-order valence-electron chi connectivity index (χ1n) is 10.1. The summed E-state index contributed by atoms with van der Waals surface area (Å²) in [7, 11) is 0. The monoisotopic (exact) mass is 467 g/mol. The van der Waals surface area contributed by atoms with E-state index in [1.54, 1.807) is 13.8 Å². The molecule has 0 unspecified atom stereocenters. The predicted molar refractivity (Wildman–Crippen MR) is 128 cm³/mol. The summed E-state index contributed by atoms with van der Waals surface area (Å²) in [4.78, 5) is 43.8. The van der Waals surface area contributed by atoms with Crippen molar-refractivity contribution in [1.82, 2.24) is 9.55 Å². The topological polar surface area (TPSA) is 90.3 Å². The molecule has 0 fully saturated rings. The number of hydrogen-bond acceptors (Lipinski definition) is 7. The zero-order valence-electron chi connectivity index (χ0n) is 17.8. The minimum atomic E-state index is -0.497. The molecule has 0 spiro atoms. The number of fused-ring (bicyclic) bond motifs is 1. The molecule has 7 nitrogen and oxygen atoms in total. The number of anilines is 1. The smallest absolute Gasteiger partial charge is 0.341 e. The van der Waals surface area contributed by atoms with Crippen LogP contribution in [0.5, 0.6) is 0 Å². The summed E-state index contributed by atoms with van der Waals surface area (Å²) in [6.07, 6.45) is 1.49. The Kier molecular flexibility index (Phi) is 6.20. The summed E-state index contributed by atoms with van der Waals surface area (Å²) in [5.41, 5.74) is 2.29. The van der Waals surface area contributed by atoms with Crippen molar-refractivity contribution in [1.29, 1.82) is 0 Å². The van der Waals surface area contributed by atoms with Crippen molar-refractivity contribution < 1.29 is 14.3 Å². The van der Waals surface area contributed by atoms with Crippen LogP contribution >= 0.6 is 22.7 Å². The second kappa shape index (κ2) is 9.05. The van der Waals surface area contributed by atoms with Gasteiger partial charge in [-0.05, 0) is 31.9 Å². The highest BCUT2D eigenvalue weighted by Crippen LogP contribution is 2.37. The van der Waals surface area contributed by atoms with Gasteiger partial charge in [-0.25, -0.2) is 9.78 Å². The Balaban J connectivity index is 1.75. The number of thiophene rings is 2. The van der Waals surface area contributed by atoms with E-state index in [1.807, 2.05) is 42.6 Å². The average Bonchev–Trinajstić information content (AvgIpc) is 3.36. The number of benzene rings is 1. The normalized spacial score (nSPS) is 11.0. The molecular weight excluding hydrogens is 446 g/mol. The number of hydrogen-bond donors (Lipinski definition) is 1. The molecule has 4 aromatic rings. The van der Waals surface area contributed by atoms with Gasteiger partial charge in [0.05, 0.1) is 23.2 Å². The maximum absolute atomic E-state index is 13.2. The third-order valence-electron chi connectivity index (χ3n) is 5.05. The molecule has 4 rings (SSSR count). The van der Waals surface area contributed by atoms with Crippen molar-refractivity contribution in [3.63, 3.8) is 0 Å². The largest absolute Gasteiger partial charge is 0.462 e. The third-order valence-corrected chi connectivity index (χ3v) is 7.14. The molecule has 9 heteroatoms. The lowest BCUT2D eigenvalue weighted by Crippen LogP contribution is -2.19. The van der Waals surface area contributed by atoms with Crippen LogP contribution in [0.15, 0.2) is 46.8 Å². The maximum Gasteiger partial charge on any atom is 0.341 e. The van der Waals surface area contributed by atoms with E-state index in [4.69, 9.17) is 4.74 Å². The van der Waals surface area contributed by atoms with Crippen molar-refractivity contribution in [2.24, 2.45) is 0 Å². The highest BCUT2D eigenvalue weighted by atomic mass is 32.1. The van der Waals surface area contributed by atoms with E-state index in [0.29, 0.717) is 43.3 Å². The molecule has 0 atom stereocenters. The summed E-state index contributed by atoms with van der Waals surface area (Å²) in [5.74, 6) is -0.886. The van der Waals surface area contributed by atoms with Crippen molar-refractivity contribution in [3.8, 4) is 11.1 Å². The molecule has 0 aliphatic carbocycles. The molecule has 0 aliphatic heterocycles. The maximum atomic E-state index is 13.2. The summed E-state index contributed by atoms with van der Waals surface area (Å²) in [6, 6.07) is 9.47. The molecular formula is C23H21N3O4S2. The minimum Gasteiger partial charge on any atom is -0.462 e. The number of aryl methyl sites for hydroxylation is 2. The molecule has 0 bridgehead atoms. The van der Waals surface area contributed by atoms with E-state index in [1.165, 1.54) is 22.2 Å². The van der Waals surface area contributed by atoms with Crippen LogP contribution in [0.25, 0.3) is 21.3 Å². The average molecular weight is 468 g/mol. The van der Waals surface area contributed by atoms with Crippen LogP contribution < -0.4 is 10.9 Å². The number of esters is 1. The number of amides is 1. The quantitative estimate of drug-likeness (QED) is 0.406. The minimum absolute atomic E-state index is 0.167. The van der Waals surface area contributed by atoms with Crippen molar-refractivity contribution in [3.05, 3.63) is 68.4 Å². The number of rotatable bonds is 6. The van der Waals surface area contributed by atoms with Gasteiger partial charge in [0.1, 0.15) is 15.4 Å². The van der Waals surface area contributed by atoms with Gasteiger partial charge in [0.2, 0.25) is 0 Å². The number of aromatic nitrogens is 2. The van der Waals surface area contributed by atoms with Crippen molar-refractivity contribution in [2.45, 2.75) is 27.3 Å². The molecule has 0 saturated carbocycles. The van der Waals surface area contributed by atoms with Gasteiger partial charge in [-0.1, -0.05) is 30.3 Å². The Labute approximate surface area is 192 Å². The molecule has 0 radical (unpaired) electrons. The fraction of sp³-hybridized carbons (Fsp3) is 0.217. The van der Waals surface area contributed by atoms with E-state index in [9.17, 15) is 14.4 Å².